The molecule has 0 aliphatic heterocycles. The highest BCUT2D eigenvalue weighted by molar-refractivity contribution is 5.66. The molecule has 0 amide bonds. The van der Waals surface area contributed by atoms with Crippen molar-refractivity contribution in [2.75, 3.05) is 11.9 Å². The van der Waals surface area contributed by atoms with Gasteiger partial charge >= 0.3 is 0 Å². The molecular formula is C28H35N. The number of hydrogen-bond acceptors (Lipinski definition) is 1. The summed E-state index contributed by atoms with van der Waals surface area (Å²) in [4.78, 5) is 2.25. The van der Waals surface area contributed by atoms with Crippen molar-refractivity contribution in [3.05, 3.63) is 108 Å². The van der Waals surface area contributed by atoms with Gasteiger partial charge in [-0.3, -0.25) is 0 Å². The molecule has 1 heteroatoms. The lowest BCUT2D eigenvalue weighted by Crippen LogP contribution is -2.14. The van der Waals surface area contributed by atoms with Gasteiger partial charge in [-0.1, -0.05) is 88.1 Å². The summed E-state index contributed by atoms with van der Waals surface area (Å²) in [6, 6.07) is 15.5. The number of hydrogen-bond donors (Lipinski definition) is 0. The van der Waals surface area contributed by atoms with Crippen LogP contribution in [-0.4, -0.2) is 7.05 Å². The zero-order chi connectivity index (χ0) is 21.6. The molecule has 0 radical (unpaired) electrons. The van der Waals surface area contributed by atoms with Crippen LogP contribution in [0.4, 0.5) is 11.4 Å². The van der Waals surface area contributed by atoms with E-state index in [0.29, 0.717) is 0 Å². The summed E-state index contributed by atoms with van der Waals surface area (Å²) in [5.41, 5.74) is 8.70. The molecule has 152 valence electrons. The first-order valence-electron chi connectivity index (χ1n) is 10.2. The fourth-order valence-electron chi connectivity index (χ4n) is 3.29. The first-order valence-corrected chi connectivity index (χ1v) is 10.2. The van der Waals surface area contributed by atoms with E-state index in [2.05, 4.69) is 107 Å². The summed E-state index contributed by atoms with van der Waals surface area (Å²) in [5.74, 6) is 0. The van der Waals surface area contributed by atoms with Gasteiger partial charge in [-0.2, -0.15) is 0 Å². The molecule has 0 heterocycles. The topological polar surface area (TPSA) is 3.24 Å². The number of nitrogens with zero attached hydrogens (tertiary/aromatic N) is 1. The van der Waals surface area contributed by atoms with E-state index in [1.807, 2.05) is 19.1 Å². The van der Waals surface area contributed by atoms with Gasteiger partial charge in [0.2, 0.25) is 0 Å². The minimum atomic E-state index is 0.166. The molecule has 0 unspecified atom stereocenters. The van der Waals surface area contributed by atoms with Crippen molar-refractivity contribution in [2.24, 2.45) is 0 Å². The molecule has 0 aliphatic rings. The van der Waals surface area contributed by atoms with Gasteiger partial charge in [0.15, 0.2) is 0 Å². The molecule has 0 bridgehead atoms. The standard InChI is InChI=1S/C28H35N/c1-9-23(10-2)12-11-21(3)19-24-13-16-26(17-14-24)29(8)27-18-15-25(20-22(27)4)28(5,6)7/h9-18,20H,1,3,19H2,2,4-8H3/b12-11+,23-10+. The molecule has 2 aromatic carbocycles. The first-order chi connectivity index (χ1) is 13.7. The third-order valence-corrected chi connectivity index (χ3v) is 5.26. The van der Waals surface area contributed by atoms with E-state index in [1.165, 1.54) is 28.1 Å². The van der Waals surface area contributed by atoms with Crippen LogP contribution in [0.2, 0.25) is 0 Å². The van der Waals surface area contributed by atoms with Crippen molar-refractivity contribution in [3.8, 4) is 0 Å². The average Bonchev–Trinajstić information content (AvgIpc) is 2.68. The summed E-state index contributed by atoms with van der Waals surface area (Å²) in [6.45, 7) is 19.0. The molecule has 1 nitrogen and oxygen atoms in total. The van der Waals surface area contributed by atoms with E-state index in [0.717, 1.165) is 17.6 Å². The zero-order valence-corrected chi connectivity index (χ0v) is 18.9. The van der Waals surface area contributed by atoms with Gasteiger partial charge in [0, 0.05) is 18.4 Å². The Labute approximate surface area is 177 Å². The van der Waals surface area contributed by atoms with Gasteiger partial charge in [0.1, 0.15) is 0 Å². The van der Waals surface area contributed by atoms with Crippen molar-refractivity contribution in [1.82, 2.24) is 0 Å². The van der Waals surface area contributed by atoms with Gasteiger partial charge in [-0.15, -0.1) is 0 Å². The van der Waals surface area contributed by atoms with Crippen molar-refractivity contribution in [1.29, 1.82) is 0 Å². The Morgan fingerprint density at radius 3 is 2.21 bits per heavy atom. The lowest BCUT2D eigenvalue weighted by molar-refractivity contribution is 0.590. The minimum Gasteiger partial charge on any atom is -0.344 e. The first kappa shape index (κ1) is 22.5. The van der Waals surface area contributed by atoms with Gasteiger partial charge in [-0.25, -0.2) is 0 Å². The Bertz CT molecular complexity index is 918. The van der Waals surface area contributed by atoms with Crippen molar-refractivity contribution < 1.29 is 0 Å². The molecule has 0 atom stereocenters. The fraction of sp³-hybridized carbons (Fsp3) is 0.286. The largest absolute Gasteiger partial charge is 0.344 e. The van der Waals surface area contributed by atoms with E-state index in [4.69, 9.17) is 0 Å². The Balaban J connectivity index is 2.12. The summed E-state index contributed by atoms with van der Waals surface area (Å²) >= 11 is 0. The summed E-state index contributed by atoms with van der Waals surface area (Å²) < 4.78 is 0. The monoisotopic (exact) mass is 385 g/mol. The molecule has 0 saturated heterocycles. The summed E-state index contributed by atoms with van der Waals surface area (Å²) in [5, 5.41) is 0. The highest BCUT2D eigenvalue weighted by Gasteiger charge is 2.15. The fourth-order valence-corrected chi connectivity index (χ4v) is 3.29. The van der Waals surface area contributed by atoms with Crippen LogP contribution in [0.25, 0.3) is 0 Å². The van der Waals surface area contributed by atoms with E-state index in [9.17, 15) is 0 Å². The molecule has 2 rings (SSSR count). The molecule has 0 saturated carbocycles. The quantitative estimate of drug-likeness (QED) is 0.439. The van der Waals surface area contributed by atoms with Crippen LogP contribution in [-0.2, 0) is 11.8 Å². The van der Waals surface area contributed by atoms with Crippen LogP contribution in [0.5, 0.6) is 0 Å². The number of rotatable bonds is 7. The zero-order valence-electron chi connectivity index (χ0n) is 18.9. The lowest BCUT2D eigenvalue weighted by Gasteiger charge is -2.25. The average molecular weight is 386 g/mol. The normalized spacial score (nSPS) is 12.3. The Kier molecular flexibility index (Phi) is 7.45. The Hall–Kier alpha value is -2.80. The van der Waals surface area contributed by atoms with Gasteiger partial charge in [0.25, 0.3) is 0 Å². The number of allylic oxidation sites excluding steroid dienone is 6. The third kappa shape index (κ3) is 6.09. The predicted octanol–water partition coefficient (Wildman–Crippen LogP) is 7.85. The Morgan fingerprint density at radius 1 is 1.03 bits per heavy atom. The van der Waals surface area contributed by atoms with Crippen LogP contribution in [0, 0.1) is 6.92 Å². The molecule has 0 N–H and O–H groups in total. The SMILES string of the molecule is C=CC(/C=C/C(=C)Cc1ccc(N(C)c2ccc(C(C)(C)C)cc2C)cc1)=C\C. The van der Waals surface area contributed by atoms with E-state index < -0.39 is 0 Å². The second-order valence-electron chi connectivity index (χ2n) is 8.64. The summed E-state index contributed by atoms with van der Waals surface area (Å²) in [7, 11) is 2.13. The van der Waals surface area contributed by atoms with Crippen molar-refractivity contribution >= 4 is 11.4 Å². The maximum absolute atomic E-state index is 4.18. The number of benzene rings is 2. The molecule has 0 aromatic heterocycles. The summed E-state index contributed by atoms with van der Waals surface area (Å²) in [6.07, 6.45) is 8.86. The highest BCUT2D eigenvalue weighted by Crippen LogP contribution is 2.31. The van der Waals surface area contributed by atoms with Crippen molar-refractivity contribution in [2.45, 2.75) is 46.5 Å². The Morgan fingerprint density at radius 2 is 1.69 bits per heavy atom. The van der Waals surface area contributed by atoms with Crippen LogP contribution in [0.3, 0.4) is 0 Å². The maximum Gasteiger partial charge on any atom is 0.0437 e. The third-order valence-electron chi connectivity index (χ3n) is 5.26. The second-order valence-corrected chi connectivity index (χ2v) is 8.64. The molecular weight excluding hydrogens is 350 g/mol. The molecule has 0 aliphatic carbocycles. The predicted molar refractivity (Wildman–Crippen MR) is 130 cm³/mol. The highest BCUT2D eigenvalue weighted by atomic mass is 15.1. The lowest BCUT2D eigenvalue weighted by atomic mass is 9.86. The van der Waals surface area contributed by atoms with E-state index >= 15 is 0 Å². The van der Waals surface area contributed by atoms with Crippen molar-refractivity contribution in [3.63, 3.8) is 0 Å². The van der Waals surface area contributed by atoms with Crippen LogP contribution in [0.1, 0.15) is 44.4 Å². The van der Waals surface area contributed by atoms with Crippen LogP contribution in [0.15, 0.2) is 91.1 Å². The van der Waals surface area contributed by atoms with Crippen LogP contribution < -0.4 is 4.90 Å². The second kappa shape index (κ2) is 9.60. The minimum absolute atomic E-state index is 0.166. The van der Waals surface area contributed by atoms with Gasteiger partial charge in [-0.05, 0) is 66.1 Å². The maximum atomic E-state index is 4.18. The van der Waals surface area contributed by atoms with Gasteiger partial charge in [0.05, 0.1) is 0 Å². The molecule has 0 spiro atoms. The molecule has 29 heavy (non-hydrogen) atoms. The number of aryl methyl sites for hydroxylation is 1. The smallest absolute Gasteiger partial charge is 0.0437 e. The van der Waals surface area contributed by atoms with Gasteiger partial charge < -0.3 is 4.90 Å². The molecule has 0 fully saturated rings. The van der Waals surface area contributed by atoms with E-state index in [-0.39, 0.29) is 5.41 Å². The molecule has 2 aromatic rings. The van der Waals surface area contributed by atoms with Crippen LogP contribution >= 0.6 is 0 Å². The van der Waals surface area contributed by atoms with E-state index in [1.54, 1.807) is 0 Å². The number of anilines is 2.